The SMILES string of the molecule is O=C(Nc1ccc2c(c1)OCCO2)N1CCN(Cc2cccc3ccccc23)CC1. The topological polar surface area (TPSA) is 54.0 Å². The molecule has 2 aliphatic heterocycles. The number of carbonyl (C=O) groups excluding carboxylic acids is 1. The summed E-state index contributed by atoms with van der Waals surface area (Å²) < 4.78 is 11.1. The van der Waals surface area contributed by atoms with Crippen LogP contribution in [-0.2, 0) is 6.54 Å². The van der Waals surface area contributed by atoms with Gasteiger partial charge in [-0.2, -0.15) is 0 Å². The Morgan fingerprint density at radius 2 is 1.63 bits per heavy atom. The number of anilines is 1. The molecule has 2 aliphatic rings. The van der Waals surface area contributed by atoms with E-state index in [2.05, 4.69) is 52.7 Å². The number of fused-ring (bicyclic) bond motifs is 2. The Bertz CT molecular complexity index is 1060. The number of benzene rings is 3. The van der Waals surface area contributed by atoms with Gasteiger partial charge in [0.2, 0.25) is 0 Å². The van der Waals surface area contributed by atoms with Gasteiger partial charge in [-0.15, -0.1) is 0 Å². The van der Waals surface area contributed by atoms with Crippen LogP contribution in [0.2, 0.25) is 0 Å². The second kappa shape index (κ2) is 8.24. The van der Waals surface area contributed by atoms with Crippen molar-refractivity contribution in [3.8, 4) is 11.5 Å². The third-order valence-corrected chi connectivity index (χ3v) is 5.73. The summed E-state index contributed by atoms with van der Waals surface area (Å²) in [5.74, 6) is 1.40. The zero-order valence-corrected chi connectivity index (χ0v) is 16.8. The van der Waals surface area contributed by atoms with Crippen molar-refractivity contribution in [2.75, 3.05) is 44.7 Å². The molecule has 0 aromatic heterocycles. The molecule has 1 N–H and O–H groups in total. The van der Waals surface area contributed by atoms with E-state index in [1.165, 1.54) is 16.3 Å². The number of nitrogens with one attached hydrogen (secondary N) is 1. The summed E-state index contributed by atoms with van der Waals surface area (Å²) in [5, 5.41) is 5.56. The molecule has 2 heterocycles. The lowest BCUT2D eigenvalue weighted by Gasteiger charge is -2.35. The lowest BCUT2D eigenvalue weighted by Crippen LogP contribution is -2.49. The molecule has 0 unspecified atom stereocenters. The van der Waals surface area contributed by atoms with Crippen LogP contribution in [0, 0.1) is 0 Å². The summed E-state index contributed by atoms with van der Waals surface area (Å²) in [5.41, 5.74) is 2.06. The second-order valence-electron chi connectivity index (χ2n) is 7.69. The van der Waals surface area contributed by atoms with Gasteiger partial charge in [0.05, 0.1) is 0 Å². The highest BCUT2D eigenvalue weighted by Crippen LogP contribution is 2.32. The molecular formula is C24H25N3O3. The van der Waals surface area contributed by atoms with Gasteiger partial charge in [0.15, 0.2) is 11.5 Å². The highest BCUT2D eigenvalue weighted by Gasteiger charge is 2.22. The predicted octanol–water partition coefficient (Wildman–Crippen LogP) is 3.96. The number of nitrogens with zero attached hydrogens (tertiary/aromatic N) is 2. The Balaban J connectivity index is 1.18. The van der Waals surface area contributed by atoms with E-state index >= 15 is 0 Å². The largest absolute Gasteiger partial charge is 0.486 e. The van der Waals surface area contributed by atoms with E-state index in [0.717, 1.165) is 31.1 Å². The Hall–Kier alpha value is -3.25. The molecule has 154 valence electrons. The van der Waals surface area contributed by atoms with Crippen molar-refractivity contribution < 1.29 is 14.3 Å². The minimum Gasteiger partial charge on any atom is -0.486 e. The monoisotopic (exact) mass is 403 g/mol. The minimum absolute atomic E-state index is 0.0727. The third-order valence-electron chi connectivity index (χ3n) is 5.73. The van der Waals surface area contributed by atoms with Gasteiger partial charge in [0, 0.05) is 44.5 Å². The van der Waals surface area contributed by atoms with Gasteiger partial charge in [0.25, 0.3) is 0 Å². The van der Waals surface area contributed by atoms with Crippen molar-refractivity contribution >= 4 is 22.5 Å². The summed E-state index contributed by atoms with van der Waals surface area (Å²) in [6.45, 7) is 5.13. The number of hydrogen-bond donors (Lipinski definition) is 1. The van der Waals surface area contributed by atoms with Crippen molar-refractivity contribution in [3.63, 3.8) is 0 Å². The average molecular weight is 403 g/mol. The van der Waals surface area contributed by atoms with E-state index in [9.17, 15) is 4.79 Å². The molecule has 0 spiro atoms. The molecule has 6 heteroatoms. The standard InChI is InChI=1S/C24H25N3O3/c28-24(25-20-8-9-22-23(16-20)30-15-14-29-22)27-12-10-26(11-13-27)17-19-6-3-5-18-4-1-2-7-21(18)19/h1-9,16H,10-15,17H2,(H,25,28). The van der Waals surface area contributed by atoms with Crippen molar-refractivity contribution in [1.82, 2.24) is 9.80 Å². The van der Waals surface area contributed by atoms with Crippen LogP contribution < -0.4 is 14.8 Å². The molecule has 0 aliphatic carbocycles. The molecule has 1 fully saturated rings. The number of rotatable bonds is 3. The Labute approximate surface area is 176 Å². The van der Waals surface area contributed by atoms with E-state index in [1.54, 1.807) is 0 Å². The van der Waals surface area contributed by atoms with Crippen LogP contribution in [-0.4, -0.2) is 55.2 Å². The highest BCUT2D eigenvalue weighted by molar-refractivity contribution is 5.90. The molecule has 2 amide bonds. The first-order valence-corrected chi connectivity index (χ1v) is 10.4. The van der Waals surface area contributed by atoms with Crippen molar-refractivity contribution in [2.45, 2.75) is 6.54 Å². The van der Waals surface area contributed by atoms with Crippen molar-refractivity contribution in [1.29, 1.82) is 0 Å². The van der Waals surface area contributed by atoms with Gasteiger partial charge < -0.3 is 19.7 Å². The van der Waals surface area contributed by atoms with Crippen LogP contribution in [0.5, 0.6) is 11.5 Å². The third kappa shape index (κ3) is 3.91. The average Bonchev–Trinajstić information content (AvgIpc) is 2.80. The van der Waals surface area contributed by atoms with Crippen LogP contribution in [0.25, 0.3) is 10.8 Å². The molecule has 30 heavy (non-hydrogen) atoms. The molecule has 6 nitrogen and oxygen atoms in total. The molecule has 0 bridgehead atoms. The van der Waals surface area contributed by atoms with Crippen LogP contribution in [0.3, 0.4) is 0 Å². The fraction of sp³-hybridized carbons (Fsp3) is 0.292. The fourth-order valence-electron chi connectivity index (χ4n) is 4.10. The summed E-state index contributed by atoms with van der Waals surface area (Å²) in [6, 6.07) is 20.4. The van der Waals surface area contributed by atoms with E-state index in [-0.39, 0.29) is 6.03 Å². The van der Waals surface area contributed by atoms with Crippen molar-refractivity contribution in [3.05, 3.63) is 66.2 Å². The second-order valence-corrected chi connectivity index (χ2v) is 7.69. The lowest BCUT2D eigenvalue weighted by atomic mass is 10.0. The lowest BCUT2D eigenvalue weighted by molar-refractivity contribution is 0.143. The maximum atomic E-state index is 12.7. The zero-order chi connectivity index (χ0) is 20.3. The van der Waals surface area contributed by atoms with E-state index in [0.29, 0.717) is 32.1 Å². The maximum absolute atomic E-state index is 12.7. The maximum Gasteiger partial charge on any atom is 0.321 e. The van der Waals surface area contributed by atoms with Crippen LogP contribution in [0.15, 0.2) is 60.7 Å². The smallest absolute Gasteiger partial charge is 0.321 e. The quantitative estimate of drug-likeness (QED) is 0.719. The molecule has 3 aromatic rings. The molecule has 0 radical (unpaired) electrons. The first-order valence-electron chi connectivity index (χ1n) is 10.4. The van der Waals surface area contributed by atoms with E-state index in [1.807, 2.05) is 23.1 Å². The number of piperazine rings is 1. The van der Waals surface area contributed by atoms with Gasteiger partial charge in [0.1, 0.15) is 13.2 Å². The predicted molar refractivity (Wildman–Crippen MR) is 117 cm³/mol. The molecule has 0 atom stereocenters. The van der Waals surface area contributed by atoms with E-state index in [4.69, 9.17) is 9.47 Å². The summed E-state index contributed by atoms with van der Waals surface area (Å²) in [7, 11) is 0. The Kier molecular flexibility index (Phi) is 5.15. The van der Waals surface area contributed by atoms with Crippen molar-refractivity contribution in [2.24, 2.45) is 0 Å². The molecule has 3 aromatic carbocycles. The zero-order valence-electron chi connectivity index (χ0n) is 16.8. The Morgan fingerprint density at radius 3 is 2.50 bits per heavy atom. The number of carbonyl (C=O) groups is 1. The van der Waals surface area contributed by atoms with E-state index < -0.39 is 0 Å². The minimum atomic E-state index is -0.0727. The number of urea groups is 1. The molecule has 5 rings (SSSR count). The fourth-order valence-corrected chi connectivity index (χ4v) is 4.10. The van der Waals surface area contributed by atoms with Gasteiger partial charge in [-0.3, -0.25) is 4.90 Å². The first-order chi connectivity index (χ1) is 14.8. The number of hydrogen-bond acceptors (Lipinski definition) is 4. The Morgan fingerprint density at radius 1 is 0.867 bits per heavy atom. The summed E-state index contributed by atoms with van der Waals surface area (Å²) in [6.07, 6.45) is 0. The van der Waals surface area contributed by atoms with Crippen LogP contribution in [0.1, 0.15) is 5.56 Å². The highest BCUT2D eigenvalue weighted by atomic mass is 16.6. The summed E-state index contributed by atoms with van der Waals surface area (Å²) in [4.78, 5) is 17.0. The number of amides is 2. The number of ether oxygens (including phenoxy) is 2. The molecule has 1 saturated heterocycles. The molecular weight excluding hydrogens is 378 g/mol. The summed E-state index contributed by atoms with van der Waals surface area (Å²) >= 11 is 0. The normalized spacial score (nSPS) is 16.5. The van der Waals surface area contributed by atoms with Gasteiger partial charge in [-0.1, -0.05) is 42.5 Å². The van der Waals surface area contributed by atoms with Gasteiger partial charge in [-0.05, 0) is 28.5 Å². The molecule has 0 saturated carbocycles. The first kappa shape index (κ1) is 18.8. The van der Waals surface area contributed by atoms with Gasteiger partial charge in [-0.25, -0.2) is 4.79 Å². The van der Waals surface area contributed by atoms with Crippen LogP contribution >= 0.6 is 0 Å². The van der Waals surface area contributed by atoms with Gasteiger partial charge >= 0.3 is 6.03 Å². The van der Waals surface area contributed by atoms with Crippen LogP contribution in [0.4, 0.5) is 10.5 Å².